The smallest absolute Gasteiger partial charge is 0.293 e. The lowest BCUT2D eigenvalue weighted by atomic mass is 9.90. The molecule has 2 aliphatic rings. The molecule has 1 amide bonds. The van der Waals surface area contributed by atoms with Gasteiger partial charge in [-0.2, -0.15) is 0 Å². The first-order valence-corrected chi connectivity index (χ1v) is 8.66. The normalized spacial score (nSPS) is 23.8. The number of rotatable bonds is 2. The van der Waals surface area contributed by atoms with Crippen molar-refractivity contribution >= 4 is 5.91 Å². The van der Waals surface area contributed by atoms with Crippen LogP contribution in [0.2, 0.25) is 0 Å². The molecule has 6 nitrogen and oxygen atoms in total. The second-order valence-corrected chi connectivity index (χ2v) is 6.49. The van der Waals surface area contributed by atoms with Crippen LogP contribution in [0.1, 0.15) is 42.1 Å². The van der Waals surface area contributed by atoms with Gasteiger partial charge < -0.3 is 9.64 Å². The first-order valence-electron chi connectivity index (χ1n) is 8.66. The maximum atomic E-state index is 13.0. The van der Waals surface area contributed by atoms with Crippen LogP contribution in [0.5, 0.6) is 0 Å². The Morgan fingerprint density at radius 3 is 2.83 bits per heavy atom. The number of para-hydroxylation sites is 1. The van der Waals surface area contributed by atoms with Crippen LogP contribution in [0.4, 0.5) is 0 Å². The summed E-state index contributed by atoms with van der Waals surface area (Å²) in [5.74, 6) is 0.925. The molecule has 2 fully saturated rings. The molecule has 24 heavy (non-hydrogen) atoms. The van der Waals surface area contributed by atoms with E-state index in [1.165, 1.54) is 6.42 Å². The number of carbonyl (C=O) groups excluding carboxylic acids is 1. The Kier molecular flexibility index (Phi) is 4.06. The predicted molar refractivity (Wildman–Crippen MR) is 89.1 cm³/mol. The van der Waals surface area contributed by atoms with Gasteiger partial charge in [-0.3, -0.25) is 4.79 Å². The Bertz CT molecular complexity index is 726. The molecule has 1 aromatic carbocycles. The van der Waals surface area contributed by atoms with E-state index in [0.717, 1.165) is 30.8 Å². The average molecular weight is 326 g/mol. The average Bonchev–Trinajstić information content (AvgIpc) is 3.03. The molecule has 1 aromatic heterocycles. The van der Waals surface area contributed by atoms with Crippen LogP contribution in [0.15, 0.2) is 30.3 Å². The van der Waals surface area contributed by atoms with E-state index in [1.54, 1.807) is 4.68 Å². The maximum absolute atomic E-state index is 13.0. The lowest BCUT2D eigenvalue weighted by Gasteiger charge is -2.43. The van der Waals surface area contributed by atoms with E-state index >= 15 is 0 Å². The number of hydrogen-bond acceptors (Lipinski definition) is 4. The van der Waals surface area contributed by atoms with Gasteiger partial charge in [-0.15, -0.1) is 5.10 Å². The summed E-state index contributed by atoms with van der Waals surface area (Å²) in [6, 6.07) is 9.95. The zero-order valence-corrected chi connectivity index (χ0v) is 13.9. The zero-order chi connectivity index (χ0) is 16.5. The number of carbonyl (C=O) groups is 1. The van der Waals surface area contributed by atoms with Crippen molar-refractivity contribution in [1.82, 2.24) is 19.7 Å². The molecule has 0 N–H and O–H groups in total. The van der Waals surface area contributed by atoms with Gasteiger partial charge in [0.15, 0.2) is 0 Å². The first kappa shape index (κ1) is 15.3. The van der Waals surface area contributed by atoms with Crippen molar-refractivity contribution in [2.75, 3.05) is 13.2 Å². The summed E-state index contributed by atoms with van der Waals surface area (Å²) in [4.78, 5) is 19.3. The highest BCUT2D eigenvalue weighted by molar-refractivity contribution is 5.90. The molecular weight excluding hydrogens is 304 g/mol. The highest BCUT2D eigenvalue weighted by Gasteiger charge is 2.38. The number of hydrogen-bond donors (Lipinski definition) is 0. The van der Waals surface area contributed by atoms with Crippen LogP contribution in [-0.2, 0) is 4.74 Å². The van der Waals surface area contributed by atoms with Gasteiger partial charge in [-0.25, -0.2) is 9.67 Å². The number of aromatic nitrogens is 3. The molecule has 2 aromatic rings. The van der Waals surface area contributed by atoms with Crippen LogP contribution in [0.25, 0.3) is 5.69 Å². The second-order valence-electron chi connectivity index (χ2n) is 6.49. The molecule has 126 valence electrons. The molecule has 1 saturated heterocycles. The van der Waals surface area contributed by atoms with Crippen molar-refractivity contribution in [1.29, 1.82) is 0 Å². The highest BCUT2D eigenvalue weighted by atomic mass is 16.5. The summed E-state index contributed by atoms with van der Waals surface area (Å²) in [5.41, 5.74) is 0.916. The SMILES string of the molecule is Cc1nc(C(=O)N2CCOC3CCCCC32)nn1-c1ccccc1. The van der Waals surface area contributed by atoms with E-state index in [4.69, 9.17) is 4.74 Å². The lowest BCUT2D eigenvalue weighted by Crippen LogP contribution is -2.55. The Morgan fingerprint density at radius 1 is 1.21 bits per heavy atom. The Balaban J connectivity index is 1.60. The number of benzene rings is 1. The molecule has 2 atom stereocenters. The maximum Gasteiger partial charge on any atom is 0.293 e. The number of ether oxygens (including phenoxy) is 1. The molecule has 0 spiro atoms. The fraction of sp³-hybridized carbons (Fsp3) is 0.500. The van der Waals surface area contributed by atoms with Crippen molar-refractivity contribution in [2.45, 2.75) is 44.8 Å². The van der Waals surface area contributed by atoms with Crippen molar-refractivity contribution < 1.29 is 9.53 Å². The molecule has 1 aliphatic carbocycles. The number of aryl methyl sites for hydroxylation is 1. The minimum absolute atomic E-state index is 0.0759. The summed E-state index contributed by atoms with van der Waals surface area (Å²) >= 11 is 0. The second kappa shape index (κ2) is 6.36. The Labute approximate surface area is 141 Å². The third kappa shape index (κ3) is 2.71. The standard InChI is InChI=1S/C18H22N4O2/c1-13-19-17(20-22(13)14-7-3-2-4-8-14)18(23)21-11-12-24-16-10-6-5-9-15(16)21/h2-4,7-8,15-16H,5-6,9-12H2,1H3. The number of amides is 1. The third-order valence-corrected chi connectivity index (χ3v) is 4.95. The summed E-state index contributed by atoms with van der Waals surface area (Å²) < 4.78 is 7.58. The van der Waals surface area contributed by atoms with Crippen molar-refractivity contribution in [3.8, 4) is 5.69 Å². The molecule has 0 radical (unpaired) electrons. The largest absolute Gasteiger partial charge is 0.374 e. The summed E-state index contributed by atoms with van der Waals surface area (Å²) in [5, 5.41) is 4.47. The van der Waals surface area contributed by atoms with E-state index in [9.17, 15) is 4.79 Å². The fourth-order valence-corrected chi connectivity index (χ4v) is 3.77. The quantitative estimate of drug-likeness (QED) is 0.850. The minimum atomic E-state index is -0.0759. The Morgan fingerprint density at radius 2 is 2.00 bits per heavy atom. The molecule has 2 heterocycles. The summed E-state index contributed by atoms with van der Waals surface area (Å²) in [7, 11) is 0. The van der Waals surface area contributed by atoms with Crippen LogP contribution < -0.4 is 0 Å². The van der Waals surface area contributed by atoms with Crippen LogP contribution in [0, 0.1) is 6.92 Å². The molecule has 0 bridgehead atoms. The van der Waals surface area contributed by atoms with Gasteiger partial charge in [0.2, 0.25) is 5.82 Å². The Hall–Kier alpha value is -2.21. The summed E-state index contributed by atoms with van der Waals surface area (Å²) in [6.07, 6.45) is 4.56. The predicted octanol–water partition coefficient (Wildman–Crippen LogP) is 2.36. The van der Waals surface area contributed by atoms with Gasteiger partial charge in [0.25, 0.3) is 5.91 Å². The van der Waals surface area contributed by atoms with E-state index in [1.807, 2.05) is 42.2 Å². The molecule has 1 aliphatic heterocycles. The zero-order valence-electron chi connectivity index (χ0n) is 13.9. The number of fused-ring (bicyclic) bond motifs is 1. The van der Waals surface area contributed by atoms with E-state index < -0.39 is 0 Å². The van der Waals surface area contributed by atoms with Gasteiger partial charge in [0.05, 0.1) is 24.4 Å². The van der Waals surface area contributed by atoms with Gasteiger partial charge >= 0.3 is 0 Å². The van der Waals surface area contributed by atoms with Gasteiger partial charge in [0.1, 0.15) is 5.82 Å². The lowest BCUT2D eigenvalue weighted by molar-refractivity contribution is -0.0755. The molecule has 6 heteroatoms. The highest BCUT2D eigenvalue weighted by Crippen LogP contribution is 2.29. The van der Waals surface area contributed by atoms with Crippen molar-refractivity contribution in [3.05, 3.63) is 42.0 Å². The fourth-order valence-electron chi connectivity index (χ4n) is 3.77. The van der Waals surface area contributed by atoms with E-state index in [2.05, 4.69) is 10.1 Å². The van der Waals surface area contributed by atoms with Gasteiger partial charge in [-0.05, 0) is 31.9 Å². The summed E-state index contributed by atoms with van der Waals surface area (Å²) in [6.45, 7) is 3.10. The minimum Gasteiger partial charge on any atom is -0.374 e. The van der Waals surface area contributed by atoms with E-state index in [-0.39, 0.29) is 23.9 Å². The number of nitrogens with zero attached hydrogens (tertiary/aromatic N) is 4. The molecular formula is C18H22N4O2. The molecule has 4 rings (SSSR count). The monoisotopic (exact) mass is 326 g/mol. The first-order chi connectivity index (χ1) is 11.7. The topological polar surface area (TPSA) is 60.3 Å². The van der Waals surface area contributed by atoms with Gasteiger partial charge in [0, 0.05) is 6.54 Å². The number of morpholine rings is 1. The molecule has 1 saturated carbocycles. The van der Waals surface area contributed by atoms with Crippen molar-refractivity contribution in [2.24, 2.45) is 0 Å². The van der Waals surface area contributed by atoms with Crippen molar-refractivity contribution in [3.63, 3.8) is 0 Å². The van der Waals surface area contributed by atoms with Crippen LogP contribution >= 0.6 is 0 Å². The van der Waals surface area contributed by atoms with Crippen LogP contribution in [-0.4, -0.2) is 50.9 Å². The van der Waals surface area contributed by atoms with Crippen LogP contribution in [0.3, 0.4) is 0 Å². The van der Waals surface area contributed by atoms with Gasteiger partial charge in [-0.1, -0.05) is 31.0 Å². The van der Waals surface area contributed by atoms with E-state index in [0.29, 0.717) is 13.2 Å². The molecule has 2 unspecified atom stereocenters. The third-order valence-electron chi connectivity index (χ3n) is 4.95.